The fourth-order valence-corrected chi connectivity index (χ4v) is 3.90. The summed E-state index contributed by atoms with van der Waals surface area (Å²) in [5.41, 5.74) is 0.361. The molecule has 1 aliphatic heterocycles. The largest absolute Gasteiger partial charge is 0.475 e. The first-order chi connectivity index (χ1) is 10.5. The molecule has 2 aromatic rings. The average molecular weight is 321 g/mol. The number of nitrogens with zero attached hydrogens (tertiary/aromatic N) is 3. The fraction of sp³-hybridized carbons (Fsp3) is 0.533. The van der Waals surface area contributed by atoms with Crippen molar-refractivity contribution in [1.29, 1.82) is 0 Å². The lowest BCUT2D eigenvalue weighted by Crippen LogP contribution is -2.38. The summed E-state index contributed by atoms with van der Waals surface area (Å²) in [7, 11) is 1.70. The van der Waals surface area contributed by atoms with Gasteiger partial charge in [-0.25, -0.2) is 9.79 Å². The van der Waals surface area contributed by atoms with E-state index in [1.165, 1.54) is 15.9 Å². The van der Waals surface area contributed by atoms with Gasteiger partial charge in [0.25, 0.3) is 5.56 Å². The summed E-state index contributed by atoms with van der Waals surface area (Å²) in [6, 6.07) is 0.125. The lowest BCUT2D eigenvalue weighted by molar-refractivity contribution is 0.324. The van der Waals surface area contributed by atoms with Gasteiger partial charge in [0, 0.05) is 13.6 Å². The molecule has 6 nitrogen and oxygen atoms in total. The van der Waals surface area contributed by atoms with E-state index in [1.807, 2.05) is 20.8 Å². The van der Waals surface area contributed by atoms with E-state index >= 15 is 0 Å². The minimum atomic E-state index is -0.269. The fourth-order valence-electron chi connectivity index (χ4n) is 2.70. The number of rotatable bonds is 3. The number of aliphatic imine (C=N–C) groups is 1. The molecule has 2 aromatic heterocycles. The van der Waals surface area contributed by atoms with Gasteiger partial charge in [-0.05, 0) is 25.8 Å². The molecule has 0 aromatic carbocycles. The van der Waals surface area contributed by atoms with Gasteiger partial charge in [-0.15, -0.1) is 11.3 Å². The van der Waals surface area contributed by atoms with Crippen molar-refractivity contribution in [2.45, 2.75) is 39.8 Å². The van der Waals surface area contributed by atoms with Crippen molar-refractivity contribution in [3.8, 4) is 0 Å². The van der Waals surface area contributed by atoms with E-state index in [0.29, 0.717) is 29.3 Å². The molecule has 0 aliphatic carbocycles. The van der Waals surface area contributed by atoms with E-state index in [4.69, 9.17) is 4.74 Å². The van der Waals surface area contributed by atoms with Crippen LogP contribution in [0.3, 0.4) is 0 Å². The summed E-state index contributed by atoms with van der Waals surface area (Å²) in [6.45, 7) is 6.82. The van der Waals surface area contributed by atoms with Crippen LogP contribution < -0.4 is 11.2 Å². The molecular formula is C15H19N3O3S. The Balaban J connectivity index is 2.33. The molecule has 118 valence electrons. The molecule has 0 spiro atoms. The van der Waals surface area contributed by atoms with Crippen LogP contribution in [0, 0.1) is 6.92 Å². The molecule has 0 unspecified atom stereocenters. The van der Waals surface area contributed by atoms with Crippen LogP contribution in [0.15, 0.2) is 14.6 Å². The van der Waals surface area contributed by atoms with E-state index in [2.05, 4.69) is 4.99 Å². The maximum absolute atomic E-state index is 12.7. The van der Waals surface area contributed by atoms with Gasteiger partial charge in [0.2, 0.25) is 5.90 Å². The summed E-state index contributed by atoms with van der Waals surface area (Å²) >= 11 is 1.40. The van der Waals surface area contributed by atoms with Crippen molar-refractivity contribution in [3.05, 3.63) is 31.3 Å². The highest BCUT2D eigenvalue weighted by Crippen LogP contribution is 2.29. The van der Waals surface area contributed by atoms with Gasteiger partial charge in [0.15, 0.2) is 0 Å². The van der Waals surface area contributed by atoms with E-state index in [0.717, 1.165) is 16.9 Å². The van der Waals surface area contributed by atoms with Crippen molar-refractivity contribution in [2.24, 2.45) is 12.0 Å². The van der Waals surface area contributed by atoms with Gasteiger partial charge >= 0.3 is 5.69 Å². The first-order valence-corrected chi connectivity index (χ1v) is 8.21. The Bertz CT molecular complexity index is 888. The van der Waals surface area contributed by atoms with Gasteiger partial charge in [0.1, 0.15) is 11.4 Å². The van der Waals surface area contributed by atoms with Gasteiger partial charge < -0.3 is 4.74 Å². The molecule has 1 aliphatic rings. The standard InChI is InChI=1S/C15H19N3O3S/c1-5-6-18-13(19)10-9(3)11(12-16-8(2)7-21-12)22-14(10)17(4)15(18)20/h8H,5-7H2,1-4H3/t8-/m1/s1. The second-order valence-electron chi connectivity index (χ2n) is 5.63. The first-order valence-electron chi connectivity index (χ1n) is 7.39. The average Bonchev–Trinajstić information content (AvgIpc) is 3.05. The van der Waals surface area contributed by atoms with Crippen molar-refractivity contribution >= 4 is 27.5 Å². The second-order valence-corrected chi connectivity index (χ2v) is 6.63. The Labute approximate surface area is 131 Å². The summed E-state index contributed by atoms with van der Waals surface area (Å²) < 4.78 is 8.47. The summed E-state index contributed by atoms with van der Waals surface area (Å²) in [4.78, 5) is 31.0. The SMILES string of the molecule is CCCn1c(=O)c2c(C)c(C3=N[C@H](C)CO3)sc2n(C)c1=O. The van der Waals surface area contributed by atoms with Gasteiger partial charge in [-0.2, -0.15) is 0 Å². The molecular weight excluding hydrogens is 302 g/mol. The minimum Gasteiger partial charge on any atom is -0.475 e. The van der Waals surface area contributed by atoms with E-state index in [-0.39, 0.29) is 17.3 Å². The van der Waals surface area contributed by atoms with Crippen LogP contribution >= 0.6 is 11.3 Å². The monoisotopic (exact) mass is 321 g/mol. The third-order valence-electron chi connectivity index (χ3n) is 3.85. The van der Waals surface area contributed by atoms with Crippen LogP contribution in [0.2, 0.25) is 0 Å². The van der Waals surface area contributed by atoms with Gasteiger partial charge in [-0.3, -0.25) is 13.9 Å². The van der Waals surface area contributed by atoms with Crippen LogP contribution in [-0.2, 0) is 18.3 Å². The molecule has 0 radical (unpaired) electrons. The molecule has 0 saturated carbocycles. The van der Waals surface area contributed by atoms with Crippen LogP contribution in [-0.4, -0.2) is 27.7 Å². The normalized spacial score (nSPS) is 17.8. The molecule has 7 heteroatoms. The molecule has 22 heavy (non-hydrogen) atoms. The Morgan fingerprint density at radius 2 is 2.14 bits per heavy atom. The zero-order valence-corrected chi connectivity index (χ0v) is 14.0. The zero-order chi connectivity index (χ0) is 16.0. The van der Waals surface area contributed by atoms with Crippen LogP contribution in [0.5, 0.6) is 0 Å². The molecule has 0 bridgehead atoms. The third-order valence-corrected chi connectivity index (χ3v) is 5.21. The number of aromatic nitrogens is 2. The Morgan fingerprint density at radius 1 is 1.41 bits per heavy atom. The number of aryl methyl sites for hydroxylation is 2. The highest BCUT2D eigenvalue weighted by Gasteiger charge is 2.24. The van der Waals surface area contributed by atoms with Crippen LogP contribution in [0.4, 0.5) is 0 Å². The molecule has 3 heterocycles. The zero-order valence-electron chi connectivity index (χ0n) is 13.2. The van der Waals surface area contributed by atoms with Crippen molar-refractivity contribution in [2.75, 3.05) is 6.61 Å². The smallest absolute Gasteiger partial charge is 0.331 e. The highest BCUT2D eigenvalue weighted by atomic mass is 32.1. The van der Waals surface area contributed by atoms with Gasteiger partial charge in [0.05, 0.1) is 16.3 Å². The highest BCUT2D eigenvalue weighted by molar-refractivity contribution is 7.20. The Kier molecular flexibility index (Phi) is 3.68. The Morgan fingerprint density at radius 3 is 2.73 bits per heavy atom. The lowest BCUT2D eigenvalue weighted by atomic mass is 10.2. The third kappa shape index (κ3) is 2.11. The molecule has 0 amide bonds. The predicted molar refractivity (Wildman–Crippen MR) is 88.3 cm³/mol. The number of hydrogen-bond donors (Lipinski definition) is 0. The number of hydrogen-bond acceptors (Lipinski definition) is 5. The van der Waals surface area contributed by atoms with Crippen molar-refractivity contribution < 1.29 is 4.74 Å². The Hall–Kier alpha value is -1.89. The number of thiophene rings is 1. The summed E-state index contributed by atoms with van der Waals surface area (Å²) in [6.07, 6.45) is 0.740. The van der Waals surface area contributed by atoms with Crippen LogP contribution in [0.1, 0.15) is 30.7 Å². The maximum atomic E-state index is 12.7. The van der Waals surface area contributed by atoms with E-state index < -0.39 is 0 Å². The topological polar surface area (TPSA) is 65.6 Å². The first kappa shape index (κ1) is 15.0. The van der Waals surface area contributed by atoms with E-state index in [9.17, 15) is 9.59 Å². The molecule has 0 N–H and O–H groups in total. The molecule has 0 saturated heterocycles. The van der Waals surface area contributed by atoms with Crippen molar-refractivity contribution in [1.82, 2.24) is 9.13 Å². The minimum absolute atomic E-state index is 0.125. The number of ether oxygens (including phenoxy) is 1. The molecule has 1 atom stereocenters. The maximum Gasteiger partial charge on any atom is 0.331 e. The summed E-state index contributed by atoms with van der Waals surface area (Å²) in [5, 5.41) is 0.599. The lowest BCUT2D eigenvalue weighted by Gasteiger charge is -2.07. The van der Waals surface area contributed by atoms with Crippen LogP contribution in [0.25, 0.3) is 10.2 Å². The van der Waals surface area contributed by atoms with Crippen molar-refractivity contribution in [3.63, 3.8) is 0 Å². The van der Waals surface area contributed by atoms with E-state index in [1.54, 1.807) is 11.6 Å². The molecule has 3 rings (SSSR count). The molecule has 0 fully saturated rings. The second kappa shape index (κ2) is 5.39. The van der Waals surface area contributed by atoms with Gasteiger partial charge in [-0.1, -0.05) is 6.92 Å². The quantitative estimate of drug-likeness (QED) is 0.863. The number of fused-ring (bicyclic) bond motifs is 1. The summed E-state index contributed by atoms with van der Waals surface area (Å²) in [5.74, 6) is 0.583. The predicted octanol–water partition coefficient (Wildman–Crippen LogP) is 1.65.